The Morgan fingerprint density at radius 3 is 2.05 bits per heavy atom. The second-order valence-electron chi connectivity index (χ2n) is 7.88. The number of carbonyl (C=O) groups is 1. The van der Waals surface area contributed by atoms with Crippen molar-refractivity contribution in [3.63, 3.8) is 0 Å². The van der Waals surface area contributed by atoms with Crippen LogP contribution in [0.1, 0.15) is 45.4 Å². The molecule has 0 aliphatic heterocycles. The molecule has 4 rings (SSSR count). The molecule has 1 atom stereocenters. The maximum Gasteiger partial charge on any atom is 0.167 e. The molecule has 0 heterocycles. The first-order chi connectivity index (χ1) is 9.48. The molecular formula is C17H29ClNO2-. The average molecular weight is 315 g/mol. The highest BCUT2D eigenvalue weighted by Gasteiger charge is 2.55. The van der Waals surface area contributed by atoms with Crippen molar-refractivity contribution in [3.8, 4) is 0 Å². The summed E-state index contributed by atoms with van der Waals surface area (Å²) in [6.45, 7) is 3.52. The van der Waals surface area contributed by atoms with Gasteiger partial charge in [-0.2, -0.15) is 0 Å². The van der Waals surface area contributed by atoms with Gasteiger partial charge in [0.2, 0.25) is 0 Å². The molecule has 3 nitrogen and oxygen atoms in total. The molecule has 4 bridgehead atoms. The van der Waals surface area contributed by atoms with Crippen molar-refractivity contribution in [1.29, 1.82) is 0 Å². The predicted octanol–water partition coefficient (Wildman–Crippen LogP) is -0.257. The van der Waals surface area contributed by atoms with Gasteiger partial charge in [0.15, 0.2) is 5.78 Å². The Hall–Kier alpha value is -0.120. The number of carbonyl (C=O) groups excluding carboxylic acids is 1. The lowest BCUT2D eigenvalue weighted by Gasteiger charge is -2.56. The van der Waals surface area contributed by atoms with Crippen LogP contribution in [0.2, 0.25) is 0 Å². The minimum Gasteiger partial charge on any atom is -1.00 e. The van der Waals surface area contributed by atoms with Gasteiger partial charge >= 0.3 is 0 Å². The Bertz CT molecular complexity index is 348. The van der Waals surface area contributed by atoms with Gasteiger partial charge in [0.05, 0.1) is 6.61 Å². The van der Waals surface area contributed by atoms with Crippen LogP contribution in [0, 0.1) is 23.2 Å². The number of ketones is 1. The molecule has 122 valence electrons. The monoisotopic (exact) mass is 314 g/mol. The summed E-state index contributed by atoms with van der Waals surface area (Å²) in [5, 5.41) is 0. The molecule has 0 aromatic rings. The zero-order valence-corrected chi connectivity index (χ0v) is 14.4. The van der Waals surface area contributed by atoms with Crippen molar-refractivity contribution in [3.05, 3.63) is 0 Å². The van der Waals surface area contributed by atoms with E-state index >= 15 is 0 Å². The van der Waals surface area contributed by atoms with E-state index < -0.39 is 0 Å². The minimum atomic E-state index is -0.216. The first-order valence-electron chi connectivity index (χ1n) is 8.29. The number of hydrogen-bond donors (Lipinski definition) is 0. The molecule has 0 saturated heterocycles. The highest BCUT2D eigenvalue weighted by Crippen LogP contribution is 2.60. The molecule has 21 heavy (non-hydrogen) atoms. The molecule has 4 aliphatic carbocycles. The van der Waals surface area contributed by atoms with Crippen LogP contribution in [0.3, 0.4) is 0 Å². The Morgan fingerprint density at radius 2 is 1.62 bits per heavy atom. The Morgan fingerprint density at radius 1 is 1.14 bits per heavy atom. The van der Waals surface area contributed by atoms with E-state index in [0.29, 0.717) is 12.4 Å². The van der Waals surface area contributed by atoms with Crippen LogP contribution in [0.25, 0.3) is 0 Å². The van der Waals surface area contributed by atoms with Crippen LogP contribution in [-0.4, -0.2) is 44.0 Å². The molecule has 0 radical (unpaired) electrons. The summed E-state index contributed by atoms with van der Waals surface area (Å²) in [7, 11) is 4.07. The Kier molecular flexibility index (Phi) is 5.38. The van der Waals surface area contributed by atoms with E-state index in [9.17, 15) is 4.79 Å². The fourth-order valence-corrected chi connectivity index (χ4v) is 5.33. The van der Waals surface area contributed by atoms with Crippen LogP contribution >= 0.6 is 0 Å². The molecule has 0 aromatic heterocycles. The van der Waals surface area contributed by atoms with E-state index in [4.69, 9.17) is 4.74 Å². The second kappa shape index (κ2) is 6.55. The largest absolute Gasteiger partial charge is 1.00 e. The second-order valence-corrected chi connectivity index (χ2v) is 7.88. The van der Waals surface area contributed by atoms with Gasteiger partial charge in [0.25, 0.3) is 0 Å². The topological polar surface area (TPSA) is 29.5 Å². The number of rotatable bonds is 6. The normalized spacial score (nSPS) is 38.4. The van der Waals surface area contributed by atoms with Gasteiger partial charge in [-0.15, -0.1) is 0 Å². The number of halogens is 1. The van der Waals surface area contributed by atoms with Crippen LogP contribution in [0.5, 0.6) is 0 Å². The van der Waals surface area contributed by atoms with Crippen molar-refractivity contribution >= 4 is 5.78 Å². The van der Waals surface area contributed by atoms with Crippen molar-refractivity contribution in [2.75, 3.05) is 27.2 Å². The first-order valence-corrected chi connectivity index (χ1v) is 8.29. The fraction of sp³-hybridized carbons (Fsp3) is 0.941. The van der Waals surface area contributed by atoms with Gasteiger partial charge in [-0.3, -0.25) is 4.79 Å². The van der Waals surface area contributed by atoms with E-state index in [-0.39, 0.29) is 23.9 Å². The standard InChI is InChI=1S/C17H29NO2.ClH/c1-12(20-5-4-18(2)3)16(19)17-9-13-6-14(10-17)8-15(7-13)11-17;/h12-15H,4-11H2,1-3H3;1H/p-1. The number of hydrogen-bond acceptors (Lipinski definition) is 3. The molecule has 4 aliphatic rings. The minimum absolute atomic E-state index is 0. The van der Waals surface area contributed by atoms with Crippen LogP contribution < -0.4 is 12.4 Å². The lowest BCUT2D eigenvalue weighted by atomic mass is 9.48. The molecule has 4 heteroatoms. The summed E-state index contributed by atoms with van der Waals surface area (Å²) in [6.07, 6.45) is 7.41. The summed E-state index contributed by atoms with van der Waals surface area (Å²) in [5.41, 5.74) is -0.00766. The summed E-state index contributed by atoms with van der Waals surface area (Å²) in [6, 6.07) is 0. The van der Waals surface area contributed by atoms with Crippen molar-refractivity contribution in [2.24, 2.45) is 23.2 Å². The van der Waals surface area contributed by atoms with Gasteiger partial charge in [0, 0.05) is 12.0 Å². The van der Waals surface area contributed by atoms with Gasteiger partial charge in [-0.25, -0.2) is 0 Å². The van der Waals surface area contributed by atoms with E-state index in [0.717, 1.165) is 43.6 Å². The van der Waals surface area contributed by atoms with Gasteiger partial charge < -0.3 is 22.0 Å². The van der Waals surface area contributed by atoms with Gasteiger partial charge in [0.1, 0.15) is 6.10 Å². The van der Waals surface area contributed by atoms with Crippen molar-refractivity contribution in [1.82, 2.24) is 4.90 Å². The van der Waals surface area contributed by atoms with E-state index in [1.165, 1.54) is 19.3 Å². The maximum absolute atomic E-state index is 12.9. The quantitative estimate of drug-likeness (QED) is 0.677. The van der Waals surface area contributed by atoms with E-state index in [2.05, 4.69) is 4.90 Å². The summed E-state index contributed by atoms with van der Waals surface area (Å²) >= 11 is 0. The number of ether oxygens (including phenoxy) is 1. The SMILES string of the molecule is CC(OCCN(C)C)C(=O)C12CC3CC(CC(C3)C1)C2.[Cl-]. The lowest BCUT2D eigenvalue weighted by Crippen LogP contribution is -3.00. The predicted molar refractivity (Wildman–Crippen MR) is 79.6 cm³/mol. The smallest absolute Gasteiger partial charge is 0.167 e. The van der Waals surface area contributed by atoms with E-state index in [1.807, 2.05) is 21.0 Å². The van der Waals surface area contributed by atoms with Gasteiger partial charge in [-0.05, 0) is 77.3 Å². The summed E-state index contributed by atoms with van der Waals surface area (Å²) in [5.74, 6) is 2.91. The zero-order valence-electron chi connectivity index (χ0n) is 13.6. The third kappa shape index (κ3) is 3.46. The highest BCUT2D eigenvalue weighted by atomic mass is 35.5. The van der Waals surface area contributed by atoms with Crippen molar-refractivity contribution < 1.29 is 21.9 Å². The summed E-state index contributed by atoms with van der Waals surface area (Å²) in [4.78, 5) is 15.0. The average Bonchev–Trinajstić information content (AvgIpc) is 2.35. The van der Waals surface area contributed by atoms with E-state index in [1.54, 1.807) is 0 Å². The molecule has 1 unspecified atom stereocenters. The molecule has 0 amide bonds. The fourth-order valence-electron chi connectivity index (χ4n) is 5.33. The van der Waals surface area contributed by atoms with Crippen LogP contribution in [0.4, 0.5) is 0 Å². The molecule has 0 aromatic carbocycles. The molecule has 4 saturated carbocycles. The van der Waals surface area contributed by atoms with Gasteiger partial charge in [-0.1, -0.05) is 0 Å². The Balaban J connectivity index is 0.00000161. The third-order valence-electron chi connectivity index (χ3n) is 5.84. The number of nitrogens with zero attached hydrogens (tertiary/aromatic N) is 1. The number of Topliss-reactive ketones (excluding diaryl/α,β-unsaturated/α-hetero) is 1. The zero-order chi connectivity index (χ0) is 14.3. The lowest BCUT2D eigenvalue weighted by molar-refractivity contribution is -0.155. The molecular weight excluding hydrogens is 286 g/mol. The highest BCUT2D eigenvalue weighted by molar-refractivity contribution is 5.89. The first kappa shape index (κ1) is 17.2. The summed E-state index contributed by atoms with van der Waals surface area (Å²) < 4.78 is 5.81. The van der Waals surface area contributed by atoms with Crippen LogP contribution in [0.15, 0.2) is 0 Å². The molecule has 0 N–H and O–H groups in total. The molecule has 4 fully saturated rings. The third-order valence-corrected chi connectivity index (χ3v) is 5.84. The Labute approximate surface area is 135 Å². The number of likely N-dealkylation sites (N-methyl/N-ethyl adjacent to an activating group) is 1. The van der Waals surface area contributed by atoms with Crippen molar-refractivity contribution in [2.45, 2.75) is 51.6 Å². The molecule has 0 spiro atoms. The maximum atomic E-state index is 12.9. The van der Waals surface area contributed by atoms with Crippen LogP contribution in [-0.2, 0) is 9.53 Å².